The molecule has 1 fully saturated rings. The zero-order valence-electron chi connectivity index (χ0n) is 6.55. The van der Waals surface area contributed by atoms with Crippen molar-refractivity contribution in [1.82, 2.24) is 5.32 Å². The first kappa shape index (κ1) is 7.90. The summed E-state index contributed by atoms with van der Waals surface area (Å²) in [5.41, 5.74) is 1.05. The first-order valence-electron chi connectivity index (χ1n) is 3.97. The fourth-order valence-corrected chi connectivity index (χ4v) is 1.64. The molecule has 2 rings (SSSR count). The van der Waals surface area contributed by atoms with E-state index in [0.717, 1.165) is 18.7 Å². The van der Waals surface area contributed by atoms with Crippen molar-refractivity contribution in [1.29, 1.82) is 0 Å². The zero-order valence-corrected chi connectivity index (χ0v) is 7.30. The minimum atomic E-state index is 0.182. The van der Waals surface area contributed by atoms with Crippen LogP contribution >= 0.6 is 11.6 Å². The number of nitrogens with one attached hydrogen (secondary N) is 1. The third-order valence-corrected chi connectivity index (χ3v) is 2.64. The molecule has 0 unspecified atom stereocenters. The molecule has 2 nitrogen and oxygen atoms in total. The first-order valence-corrected chi connectivity index (χ1v) is 4.35. The Balaban J connectivity index is 2.36. The lowest BCUT2D eigenvalue weighted by Gasteiger charge is -2.28. The Morgan fingerprint density at radius 2 is 2.17 bits per heavy atom. The van der Waals surface area contributed by atoms with Crippen LogP contribution in [-0.4, -0.2) is 18.2 Å². The molecule has 0 radical (unpaired) electrons. The highest BCUT2D eigenvalue weighted by Gasteiger charge is 2.21. The quantitative estimate of drug-likeness (QED) is 0.695. The van der Waals surface area contributed by atoms with Gasteiger partial charge in [0, 0.05) is 19.0 Å². The molecule has 0 aliphatic carbocycles. The van der Waals surface area contributed by atoms with E-state index in [0.29, 0.717) is 10.9 Å². The van der Waals surface area contributed by atoms with Gasteiger partial charge in [0.15, 0.2) is 0 Å². The zero-order chi connectivity index (χ0) is 8.55. The van der Waals surface area contributed by atoms with E-state index in [1.54, 1.807) is 6.07 Å². The highest BCUT2D eigenvalue weighted by molar-refractivity contribution is 6.32. The SMILES string of the molecule is Oc1cccc(C2CNC2)c1Cl. The van der Waals surface area contributed by atoms with Crippen molar-refractivity contribution in [2.24, 2.45) is 0 Å². The lowest BCUT2D eigenvalue weighted by Crippen LogP contribution is -2.39. The highest BCUT2D eigenvalue weighted by Crippen LogP contribution is 2.33. The fraction of sp³-hybridized carbons (Fsp3) is 0.333. The fourth-order valence-electron chi connectivity index (χ4n) is 1.36. The molecule has 1 aromatic rings. The van der Waals surface area contributed by atoms with Crippen molar-refractivity contribution >= 4 is 11.6 Å². The van der Waals surface area contributed by atoms with Gasteiger partial charge in [-0.15, -0.1) is 0 Å². The maximum atomic E-state index is 9.32. The number of aromatic hydroxyl groups is 1. The number of rotatable bonds is 1. The van der Waals surface area contributed by atoms with Gasteiger partial charge in [0.1, 0.15) is 5.75 Å². The predicted molar refractivity (Wildman–Crippen MR) is 48.7 cm³/mol. The Morgan fingerprint density at radius 1 is 1.42 bits per heavy atom. The number of phenols is 1. The molecule has 64 valence electrons. The maximum absolute atomic E-state index is 9.32. The van der Waals surface area contributed by atoms with Crippen LogP contribution in [0.5, 0.6) is 5.75 Å². The van der Waals surface area contributed by atoms with Gasteiger partial charge >= 0.3 is 0 Å². The topological polar surface area (TPSA) is 32.3 Å². The molecule has 0 atom stereocenters. The average molecular weight is 184 g/mol. The van der Waals surface area contributed by atoms with E-state index >= 15 is 0 Å². The summed E-state index contributed by atoms with van der Waals surface area (Å²) in [5.74, 6) is 0.658. The summed E-state index contributed by atoms with van der Waals surface area (Å²) < 4.78 is 0. The van der Waals surface area contributed by atoms with Gasteiger partial charge in [-0.2, -0.15) is 0 Å². The lowest BCUT2D eigenvalue weighted by molar-refractivity contribution is 0.441. The third-order valence-electron chi connectivity index (χ3n) is 2.23. The number of benzene rings is 1. The standard InChI is InChI=1S/C9H10ClNO/c10-9-7(6-4-11-5-6)2-1-3-8(9)12/h1-3,6,11-12H,4-5H2. The van der Waals surface area contributed by atoms with E-state index in [-0.39, 0.29) is 5.75 Å². The van der Waals surface area contributed by atoms with Gasteiger partial charge in [0.25, 0.3) is 0 Å². The van der Waals surface area contributed by atoms with Crippen LogP contribution < -0.4 is 5.32 Å². The van der Waals surface area contributed by atoms with E-state index in [1.807, 2.05) is 12.1 Å². The number of hydrogen-bond donors (Lipinski definition) is 2. The minimum Gasteiger partial charge on any atom is -0.506 e. The molecule has 1 saturated heterocycles. The lowest BCUT2D eigenvalue weighted by atomic mass is 9.93. The molecule has 0 spiro atoms. The summed E-state index contributed by atoms with van der Waals surface area (Å²) in [6.07, 6.45) is 0. The molecule has 1 aromatic carbocycles. The van der Waals surface area contributed by atoms with Crippen LogP contribution in [0.3, 0.4) is 0 Å². The molecule has 1 heterocycles. The second-order valence-electron chi connectivity index (χ2n) is 3.04. The molecule has 12 heavy (non-hydrogen) atoms. The molecular weight excluding hydrogens is 174 g/mol. The van der Waals surface area contributed by atoms with Gasteiger partial charge in [-0.1, -0.05) is 23.7 Å². The van der Waals surface area contributed by atoms with Crippen molar-refractivity contribution in [2.75, 3.05) is 13.1 Å². The maximum Gasteiger partial charge on any atom is 0.134 e. The molecular formula is C9H10ClNO. The van der Waals surface area contributed by atoms with E-state index in [1.165, 1.54) is 0 Å². The Hall–Kier alpha value is -0.730. The van der Waals surface area contributed by atoms with Crippen LogP contribution in [0.4, 0.5) is 0 Å². The number of halogens is 1. The van der Waals surface area contributed by atoms with Gasteiger partial charge in [-0.3, -0.25) is 0 Å². The molecule has 0 bridgehead atoms. The van der Waals surface area contributed by atoms with Gasteiger partial charge in [0.05, 0.1) is 5.02 Å². The Bertz CT molecular complexity index is 297. The monoisotopic (exact) mass is 183 g/mol. The van der Waals surface area contributed by atoms with Gasteiger partial charge in [-0.25, -0.2) is 0 Å². The van der Waals surface area contributed by atoms with E-state index in [2.05, 4.69) is 5.32 Å². The minimum absolute atomic E-state index is 0.182. The summed E-state index contributed by atoms with van der Waals surface area (Å²) in [6.45, 7) is 1.92. The van der Waals surface area contributed by atoms with Crippen molar-refractivity contribution in [3.05, 3.63) is 28.8 Å². The summed E-state index contributed by atoms with van der Waals surface area (Å²) >= 11 is 5.92. The van der Waals surface area contributed by atoms with Crippen molar-refractivity contribution in [3.63, 3.8) is 0 Å². The highest BCUT2D eigenvalue weighted by atomic mass is 35.5. The summed E-state index contributed by atoms with van der Waals surface area (Å²) in [6, 6.07) is 5.40. The molecule has 2 N–H and O–H groups in total. The third kappa shape index (κ3) is 1.17. The summed E-state index contributed by atoms with van der Waals surface area (Å²) in [7, 11) is 0. The van der Waals surface area contributed by atoms with Crippen molar-refractivity contribution in [3.8, 4) is 5.75 Å². The predicted octanol–water partition coefficient (Wildman–Crippen LogP) is 1.73. The molecule has 0 amide bonds. The van der Waals surface area contributed by atoms with Crippen LogP contribution in [0.15, 0.2) is 18.2 Å². The largest absolute Gasteiger partial charge is 0.506 e. The van der Waals surface area contributed by atoms with E-state index in [9.17, 15) is 5.11 Å². The molecule has 0 saturated carbocycles. The van der Waals surface area contributed by atoms with Crippen LogP contribution in [0.1, 0.15) is 11.5 Å². The average Bonchev–Trinajstić information content (AvgIpc) is 1.95. The number of phenolic OH excluding ortho intramolecular Hbond substituents is 1. The molecule has 0 aromatic heterocycles. The first-order chi connectivity index (χ1) is 5.79. The van der Waals surface area contributed by atoms with Crippen LogP contribution in [0.25, 0.3) is 0 Å². The smallest absolute Gasteiger partial charge is 0.134 e. The number of hydrogen-bond acceptors (Lipinski definition) is 2. The van der Waals surface area contributed by atoms with Gasteiger partial charge < -0.3 is 10.4 Å². The second kappa shape index (κ2) is 2.96. The Kier molecular flexibility index (Phi) is 1.95. The Labute approximate surface area is 76.2 Å². The Morgan fingerprint density at radius 3 is 2.75 bits per heavy atom. The van der Waals surface area contributed by atoms with Gasteiger partial charge in [-0.05, 0) is 11.6 Å². The van der Waals surface area contributed by atoms with E-state index in [4.69, 9.17) is 11.6 Å². The second-order valence-corrected chi connectivity index (χ2v) is 3.41. The van der Waals surface area contributed by atoms with Crippen LogP contribution in [0.2, 0.25) is 5.02 Å². The summed E-state index contributed by atoms with van der Waals surface area (Å²) in [5, 5.41) is 13.0. The molecule has 1 aliphatic heterocycles. The normalized spacial score (nSPS) is 17.4. The van der Waals surface area contributed by atoms with Crippen molar-refractivity contribution in [2.45, 2.75) is 5.92 Å². The van der Waals surface area contributed by atoms with E-state index < -0.39 is 0 Å². The summed E-state index contributed by atoms with van der Waals surface area (Å²) in [4.78, 5) is 0. The van der Waals surface area contributed by atoms with Crippen LogP contribution in [0, 0.1) is 0 Å². The molecule has 1 aliphatic rings. The van der Waals surface area contributed by atoms with Gasteiger partial charge in [0.2, 0.25) is 0 Å². The van der Waals surface area contributed by atoms with Crippen molar-refractivity contribution < 1.29 is 5.11 Å². The molecule has 3 heteroatoms. The van der Waals surface area contributed by atoms with Crippen LogP contribution in [-0.2, 0) is 0 Å².